The van der Waals surface area contributed by atoms with Gasteiger partial charge in [0.2, 0.25) is 0 Å². The molecule has 0 saturated heterocycles. The van der Waals surface area contributed by atoms with Gasteiger partial charge in [0.1, 0.15) is 10.6 Å². The Morgan fingerprint density at radius 1 is 1.19 bits per heavy atom. The van der Waals surface area contributed by atoms with Crippen LogP contribution in [-0.4, -0.2) is 14.7 Å². The van der Waals surface area contributed by atoms with E-state index in [2.05, 4.69) is 4.98 Å². The highest BCUT2D eigenvalue weighted by atomic mass is 32.1. The van der Waals surface area contributed by atoms with Gasteiger partial charge in [0.15, 0.2) is 0 Å². The van der Waals surface area contributed by atoms with Crippen molar-refractivity contribution in [2.45, 2.75) is 19.6 Å². The summed E-state index contributed by atoms with van der Waals surface area (Å²) in [6.07, 6.45) is 0.447. The third-order valence-corrected chi connectivity index (χ3v) is 5.81. The summed E-state index contributed by atoms with van der Waals surface area (Å²) in [7, 11) is 0. The van der Waals surface area contributed by atoms with E-state index in [1.54, 1.807) is 6.07 Å². The first-order valence-electron chi connectivity index (χ1n) is 8.52. The number of hydrogen-bond donors (Lipinski definition) is 1. The first kappa shape index (κ1) is 17.6. The average Bonchev–Trinajstić information content (AvgIpc) is 3.02. The largest absolute Gasteiger partial charge is 0.387 e. The highest BCUT2D eigenvalue weighted by Gasteiger charge is 2.17. The van der Waals surface area contributed by atoms with Crippen LogP contribution >= 0.6 is 11.3 Å². The molecule has 0 amide bonds. The van der Waals surface area contributed by atoms with Crippen molar-refractivity contribution in [2.75, 3.05) is 0 Å². The van der Waals surface area contributed by atoms with E-state index in [-0.39, 0.29) is 12.1 Å². The van der Waals surface area contributed by atoms with Gasteiger partial charge in [-0.15, -0.1) is 11.3 Å². The quantitative estimate of drug-likeness (QED) is 0.574. The van der Waals surface area contributed by atoms with Crippen LogP contribution in [0.1, 0.15) is 17.2 Å². The molecule has 0 fully saturated rings. The predicted octanol–water partition coefficient (Wildman–Crippen LogP) is 4.31. The molecule has 2 heterocycles. The third kappa shape index (κ3) is 3.29. The summed E-state index contributed by atoms with van der Waals surface area (Å²) in [4.78, 5) is 19.1. The Morgan fingerprint density at radius 2 is 1.96 bits per heavy atom. The topological polar surface area (TPSA) is 55.1 Å². The van der Waals surface area contributed by atoms with E-state index in [9.17, 15) is 14.3 Å². The molecule has 0 saturated carbocycles. The lowest BCUT2D eigenvalue weighted by Gasteiger charge is -2.13. The average molecular weight is 380 g/mol. The van der Waals surface area contributed by atoms with Crippen molar-refractivity contribution < 1.29 is 9.50 Å². The van der Waals surface area contributed by atoms with Crippen LogP contribution in [0.15, 0.2) is 65.7 Å². The molecular formula is C21H17FN2O2S. The minimum atomic E-state index is -0.995. The number of aromatic nitrogens is 2. The molecule has 1 N–H and O–H groups in total. The van der Waals surface area contributed by atoms with E-state index < -0.39 is 11.9 Å². The Balaban J connectivity index is 1.74. The molecule has 2 aromatic carbocycles. The molecule has 0 radical (unpaired) electrons. The van der Waals surface area contributed by atoms with Crippen molar-refractivity contribution in [2.24, 2.45) is 0 Å². The van der Waals surface area contributed by atoms with Crippen LogP contribution in [0.5, 0.6) is 0 Å². The van der Waals surface area contributed by atoms with Crippen molar-refractivity contribution in [1.29, 1.82) is 0 Å². The zero-order valence-corrected chi connectivity index (χ0v) is 15.4. The van der Waals surface area contributed by atoms with Crippen LogP contribution in [0, 0.1) is 12.7 Å². The Bertz CT molecular complexity index is 1170. The molecule has 0 aliphatic rings. The van der Waals surface area contributed by atoms with Crippen LogP contribution in [0.25, 0.3) is 20.7 Å². The number of rotatable bonds is 4. The molecule has 4 rings (SSSR count). The maximum Gasteiger partial charge on any atom is 0.262 e. The fourth-order valence-electron chi connectivity index (χ4n) is 3.16. The highest BCUT2D eigenvalue weighted by Crippen LogP contribution is 2.35. The number of aryl methyl sites for hydroxylation is 1. The zero-order valence-electron chi connectivity index (χ0n) is 14.6. The van der Waals surface area contributed by atoms with Gasteiger partial charge in [-0.1, -0.05) is 42.5 Å². The molecule has 1 unspecified atom stereocenters. The molecule has 27 heavy (non-hydrogen) atoms. The number of nitrogens with zero attached hydrogens (tertiary/aromatic N) is 2. The van der Waals surface area contributed by atoms with Crippen molar-refractivity contribution in [3.8, 4) is 10.4 Å². The molecule has 0 bridgehead atoms. The molecule has 0 spiro atoms. The van der Waals surface area contributed by atoms with E-state index >= 15 is 0 Å². The fourth-order valence-corrected chi connectivity index (χ4v) is 4.30. The zero-order chi connectivity index (χ0) is 19.0. The highest BCUT2D eigenvalue weighted by molar-refractivity contribution is 7.22. The van der Waals surface area contributed by atoms with Gasteiger partial charge in [0.05, 0.1) is 24.4 Å². The number of aliphatic hydroxyl groups is 1. The Hall–Kier alpha value is -2.83. The number of benzene rings is 2. The van der Waals surface area contributed by atoms with Crippen LogP contribution < -0.4 is 5.56 Å². The van der Waals surface area contributed by atoms with Gasteiger partial charge >= 0.3 is 0 Å². The number of thiophene rings is 1. The monoisotopic (exact) mass is 380 g/mol. The van der Waals surface area contributed by atoms with Crippen molar-refractivity contribution in [3.63, 3.8) is 0 Å². The predicted molar refractivity (Wildman–Crippen MR) is 105 cm³/mol. The summed E-state index contributed by atoms with van der Waals surface area (Å²) >= 11 is 1.48. The second-order valence-corrected chi connectivity index (χ2v) is 7.37. The first-order valence-corrected chi connectivity index (χ1v) is 9.33. The van der Waals surface area contributed by atoms with Crippen molar-refractivity contribution in [1.82, 2.24) is 9.55 Å². The number of hydrogen-bond acceptors (Lipinski definition) is 4. The second kappa shape index (κ2) is 7.06. The summed E-state index contributed by atoms with van der Waals surface area (Å²) in [5.74, 6) is -0.423. The normalized spacial score (nSPS) is 12.4. The summed E-state index contributed by atoms with van der Waals surface area (Å²) in [6.45, 7) is 1.93. The molecule has 4 nitrogen and oxygen atoms in total. The van der Waals surface area contributed by atoms with Gasteiger partial charge in [0.25, 0.3) is 5.56 Å². The van der Waals surface area contributed by atoms with E-state index in [0.717, 1.165) is 16.0 Å². The van der Waals surface area contributed by atoms with Gasteiger partial charge < -0.3 is 5.11 Å². The third-order valence-electron chi connectivity index (χ3n) is 4.56. The maximum atomic E-state index is 13.4. The SMILES string of the molecule is Cc1c(-c2ccccc2)sc2ncn(CC(O)c3cccc(F)c3)c(=O)c12. The molecule has 2 aromatic heterocycles. The molecule has 0 aliphatic carbocycles. The Morgan fingerprint density at radius 3 is 2.70 bits per heavy atom. The molecule has 4 aromatic rings. The first-order chi connectivity index (χ1) is 13.0. The number of halogens is 1. The Labute approximate surface area is 159 Å². The minimum Gasteiger partial charge on any atom is -0.387 e. The number of aliphatic hydroxyl groups excluding tert-OH is 1. The van der Waals surface area contributed by atoms with Crippen LogP contribution in [-0.2, 0) is 6.54 Å². The van der Waals surface area contributed by atoms with Crippen LogP contribution in [0.3, 0.4) is 0 Å². The summed E-state index contributed by atoms with van der Waals surface area (Å²) in [5.41, 5.74) is 2.15. The minimum absolute atomic E-state index is 0.0151. The lowest BCUT2D eigenvalue weighted by atomic mass is 10.1. The molecule has 0 aliphatic heterocycles. The van der Waals surface area contributed by atoms with Crippen LogP contribution in [0.4, 0.5) is 4.39 Å². The van der Waals surface area contributed by atoms with Crippen LogP contribution in [0.2, 0.25) is 0 Å². The Kier molecular flexibility index (Phi) is 4.59. The van der Waals surface area contributed by atoms with Gasteiger partial charge in [-0.2, -0.15) is 0 Å². The number of fused-ring (bicyclic) bond motifs is 1. The van der Waals surface area contributed by atoms with Gasteiger partial charge in [-0.3, -0.25) is 9.36 Å². The molecule has 136 valence electrons. The summed E-state index contributed by atoms with van der Waals surface area (Å²) in [5, 5.41) is 11.0. The lowest BCUT2D eigenvalue weighted by molar-refractivity contribution is 0.154. The van der Waals surface area contributed by atoms with E-state index in [0.29, 0.717) is 15.8 Å². The standard InChI is InChI=1S/C21H17FN2O2S/c1-13-18-20(27-19(13)14-6-3-2-4-7-14)23-12-24(21(18)26)11-17(25)15-8-5-9-16(22)10-15/h2-10,12,17,25H,11H2,1H3. The second-order valence-electron chi connectivity index (χ2n) is 6.38. The van der Waals surface area contributed by atoms with Gasteiger partial charge in [0, 0.05) is 4.88 Å². The summed E-state index contributed by atoms with van der Waals surface area (Å²) in [6, 6.07) is 15.6. The molecular weight excluding hydrogens is 363 g/mol. The maximum absolute atomic E-state index is 13.4. The van der Waals surface area contributed by atoms with Gasteiger partial charge in [-0.05, 0) is 35.7 Å². The molecule has 6 heteroatoms. The lowest BCUT2D eigenvalue weighted by Crippen LogP contribution is -2.23. The van der Waals surface area contributed by atoms with E-state index in [1.807, 2.05) is 37.3 Å². The van der Waals surface area contributed by atoms with E-state index in [1.165, 1.54) is 40.4 Å². The van der Waals surface area contributed by atoms with Gasteiger partial charge in [-0.25, -0.2) is 9.37 Å². The van der Waals surface area contributed by atoms with Crippen molar-refractivity contribution >= 4 is 21.6 Å². The molecule has 1 atom stereocenters. The smallest absolute Gasteiger partial charge is 0.262 e. The summed E-state index contributed by atoms with van der Waals surface area (Å²) < 4.78 is 14.8. The van der Waals surface area contributed by atoms with Crippen molar-refractivity contribution in [3.05, 3.63) is 88.2 Å². The van der Waals surface area contributed by atoms with E-state index in [4.69, 9.17) is 0 Å². The fraction of sp³-hybridized carbons (Fsp3) is 0.143.